The van der Waals surface area contributed by atoms with Crippen LogP contribution < -0.4 is 5.32 Å². The van der Waals surface area contributed by atoms with Gasteiger partial charge in [0.05, 0.1) is 6.54 Å². The van der Waals surface area contributed by atoms with Gasteiger partial charge in [-0.15, -0.1) is 0 Å². The van der Waals surface area contributed by atoms with E-state index in [1.165, 1.54) is 54.2 Å². The Hall–Kier alpha value is -0.480. The number of aryl methyl sites for hydroxylation is 1. The van der Waals surface area contributed by atoms with E-state index < -0.39 is 0 Å². The minimum Gasteiger partial charge on any atom is -0.359 e. The molecule has 0 unspecified atom stereocenters. The zero-order valence-electron chi connectivity index (χ0n) is 10.9. The normalized spacial score (nSPS) is 24.6. The Kier molecular flexibility index (Phi) is 3.66. The molecule has 1 aromatic rings. The van der Waals surface area contributed by atoms with Gasteiger partial charge in [0, 0.05) is 11.3 Å². The summed E-state index contributed by atoms with van der Waals surface area (Å²) in [6, 6.07) is 0. The zero-order chi connectivity index (χ0) is 12.4. The fourth-order valence-corrected chi connectivity index (χ4v) is 4.86. The molecule has 1 aliphatic heterocycles. The highest BCUT2D eigenvalue weighted by atomic mass is 32.2. The monoisotopic (exact) mass is 280 g/mol. The third kappa shape index (κ3) is 2.59. The molecule has 1 saturated carbocycles. The van der Waals surface area contributed by atoms with Crippen molar-refractivity contribution in [3.8, 4) is 0 Å². The van der Waals surface area contributed by atoms with Crippen molar-refractivity contribution in [2.45, 2.75) is 51.1 Å². The lowest BCUT2D eigenvalue weighted by Gasteiger charge is -2.32. The molecule has 0 radical (unpaired) electrons. The van der Waals surface area contributed by atoms with Crippen LogP contribution in [0.15, 0.2) is 15.8 Å². The van der Waals surface area contributed by atoms with Crippen molar-refractivity contribution in [1.82, 2.24) is 5.32 Å². The second kappa shape index (κ2) is 5.25. The molecular weight excluding hydrogens is 260 g/mol. The lowest BCUT2D eigenvalue weighted by molar-refractivity contribution is 0.303. The van der Waals surface area contributed by atoms with E-state index in [0.29, 0.717) is 5.54 Å². The van der Waals surface area contributed by atoms with Crippen molar-refractivity contribution in [1.29, 1.82) is 0 Å². The maximum absolute atomic E-state index is 4.75. The van der Waals surface area contributed by atoms with Gasteiger partial charge in [0.25, 0.3) is 0 Å². The van der Waals surface area contributed by atoms with Gasteiger partial charge in [-0.25, -0.2) is 0 Å². The van der Waals surface area contributed by atoms with Crippen LogP contribution in [0.25, 0.3) is 0 Å². The first kappa shape index (κ1) is 12.5. The molecule has 98 valence electrons. The SMILES string of the molecule is Cc1cscc1CN=C1NC2(CCCCC2)CS1. The molecule has 1 aromatic heterocycles. The number of nitrogens with one attached hydrogen (secondary N) is 1. The molecule has 2 aliphatic rings. The van der Waals surface area contributed by atoms with Crippen molar-refractivity contribution in [2.75, 3.05) is 5.75 Å². The number of thiophene rings is 1. The van der Waals surface area contributed by atoms with Crippen LogP contribution in [0.4, 0.5) is 0 Å². The minimum absolute atomic E-state index is 0.380. The summed E-state index contributed by atoms with van der Waals surface area (Å²) in [6.45, 7) is 3.00. The summed E-state index contributed by atoms with van der Waals surface area (Å²) < 4.78 is 0. The van der Waals surface area contributed by atoms with E-state index in [-0.39, 0.29) is 0 Å². The first-order chi connectivity index (χ1) is 8.77. The van der Waals surface area contributed by atoms with Gasteiger partial charge >= 0.3 is 0 Å². The number of rotatable bonds is 2. The lowest BCUT2D eigenvalue weighted by Crippen LogP contribution is -2.45. The molecule has 0 atom stereocenters. The highest BCUT2D eigenvalue weighted by Crippen LogP contribution is 2.36. The van der Waals surface area contributed by atoms with Gasteiger partial charge in [0.1, 0.15) is 0 Å². The van der Waals surface area contributed by atoms with Crippen LogP contribution in [-0.4, -0.2) is 16.5 Å². The fourth-order valence-electron chi connectivity index (χ4n) is 2.79. The number of thioether (sulfide) groups is 1. The van der Waals surface area contributed by atoms with Crippen molar-refractivity contribution in [3.63, 3.8) is 0 Å². The van der Waals surface area contributed by atoms with Gasteiger partial charge in [0.2, 0.25) is 0 Å². The Labute approximate surface area is 117 Å². The summed E-state index contributed by atoms with van der Waals surface area (Å²) in [5, 5.41) is 9.29. The summed E-state index contributed by atoms with van der Waals surface area (Å²) in [5.41, 5.74) is 3.13. The number of hydrogen-bond donors (Lipinski definition) is 1. The molecule has 0 bridgehead atoms. The summed E-state index contributed by atoms with van der Waals surface area (Å²) in [4.78, 5) is 4.75. The average molecular weight is 280 g/mol. The van der Waals surface area contributed by atoms with Crippen LogP contribution in [0.1, 0.15) is 43.2 Å². The fraction of sp³-hybridized carbons (Fsp3) is 0.643. The first-order valence-electron chi connectivity index (χ1n) is 6.75. The topological polar surface area (TPSA) is 24.4 Å². The largest absolute Gasteiger partial charge is 0.359 e. The van der Waals surface area contributed by atoms with Crippen LogP contribution in [0.5, 0.6) is 0 Å². The predicted molar refractivity (Wildman–Crippen MR) is 81.6 cm³/mol. The Balaban J connectivity index is 1.63. The average Bonchev–Trinajstić information content (AvgIpc) is 2.96. The molecule has 0 aromatic carbocycles. The van der Waals surface area contributed by atoms with E-state index in [0.717, 1.165) is 6.54 Å². The Morgan fingerprint density at radius 1 is 1.28 bits per heavy atom. The minimum atomic E-state index is 0.380. The van der Waals surface area contributed by atoms with Gasteiger partial charge in [-0.2, -0.15) is 11.3 Å². The Morgan fingerprint density at radius 3 is 2.83 bits per heavy atom. The van der Waals surface area contributed by atoms with E-state index in [1.54, 1.807) is 11.3 Å². The van der Waals surface area contributed by atoms with Gasteiger partial charge < -0.3 is 5.32 Å². The summed E-state index contributed by atoms with van der Waals surface area (Å²) in [7, 11) is 0. The number of amidine groups is 1. The van der Waals surface area contributed by atoms with E-state index in [9.17, 15) is 0 Å². The lowest BCUT2D eigenvalue weighted by atomic mass is 9.83. The highest BCUT2D eigenvalue weighted by molar-refractivity contribution is 8.14. The molecule has 1 aliphatic carbocycles. The number of hydrogen-bond acceptors (Lipinski definition) is 3. The van der Waals surface area contributed by atoms with Gasteiger partial charge in [0.15, 0.2) is 5.17 Å². The Bertz CT molecular complexity index is 444. The number of nitrogens with zero attached hydrogens (tertiary/aromatic N) is 1. The van der Waals surface area contributed by atoms with Crippen molar-refractivity contribution in [3.05, 3.63) is 21.9 Å². The molecule has 1 saturated heterocycles. The third-order valence-electron chi connectivity index (χ3n) is 4.02. The van der Waals surface area contributed by atoms with Gasteiger partial charge in [-0.3, -0.25) is 4.99 Å². The van der Waals surface area contributed by atoms with E-state index in [2.05, 4.69) is 23.0 Å². The van der Waals surface area contributed by atoms with Crippen molar-refractivity contribution >= 4 is 28.3 Å². The van der Waals surface area contributed by atoms with Crippen molar-refractivity contribution < 1.29 is 0 Å². The Morgan fingerprint density at radius 2 is 2.11 bits per heavy atom. The molecular formula is C14H20N2S2. The van der Waals surface area contributed by atoms with Gasteiger partial charge in [-0.1, -0.05) is 31.0 Å². The summed E-state index contributed by atoms with van der Waals surface area (Å²) in [5.74, 6) is 1.22. The second-order valence-electron chi connectivity index (χ2n) is 5.46. The maximum Gasteiger partial charge on any atom is 0.157 e. The van der Waals surface area contributed by atoms with Crippen LogP contribution in [0, 0.1) is 6.92 Å². The molecule has 1 N–H and O–H groups in total. The van der Waals surface area contributed by atoms with Crippen LogP contribution in [0.3, 0.4) is 0 Å². The first-order valence-corrected chi connectivity index (χ1v) is 8.67. The van der Waals surface area contributed by atoms with E-state index >= 15 is 0 Å². The third-order valence-corrected chi connectivity index (χ3v) is 6.13. The quantitative estimate of drug-likeness (QED) is 0.887. The smallest absolute Gasteiger partial charge is 0.157 e. The van der Waals surface area contributed by atoms with Crippen LogP contribution in [-0.2, 0) is 6.54 Å². The molecule has 1 spiro atoms. The van der Waals surface area contributed by atoms with E-state index in [1.807, 2.05) is 11.8 Å². The standard InChI is InChI=1S/C14H20N2S2/c1-11-8-17-9-12(11)7-15-13-16-14(10-18-13)5-3-2-4-6-14/h8-9H,2-7,10H2,1H3,(H,15,16). The zero-order valence-corrected chi connectivity index (χ0v) is 12.5. The maximum atomic E-state index is 4.75. The van der Waals surface area contributed by atoms with Crippen LogP contribution in [0.2, 0.25) is 0 Å². The molecule has 18 heavy (non-hydrogen) atoms. The van der Waals surface area contributed by atoms with Gasteiger partial charge in [-0.05, 0) is 41.7 Å². The highest BCUT2D eigenvalue weighted by Gasteiger charge is 2.37. The molecule has 2 heterocycles. The summed E-state index contributed by atoms with van der Waals surface area (Å²) in [6.07, 6.45) is 6.83. The molecule has 2 fully saturated rings. The second-order valence-corrected chi connectivity index (χ2v) is 7.16. The predicted octanol–water partition coefficient (Wildman–Crippen LogP) is 3.95. The van der Waals surface area contributed by atoms with E-state index in [4.69, 9.17) is 4.99 Å². The number of aliphatic imine (C=N–C) groups is 1. The molecule has 0 amide bonds. The molecule has 3 rings (SSSR count). The summed E-state index contributed by atoms with van der Waals surface area (Å²) >= 11 is 3.69. The van der Waals surface area contributed by atoms with Crippen molar-refractivity contribution in [2.24, 2.45) is 4.99 Å². The van der Waals surface area contributed by atoms with Crippen LogP contribution >= 0.6 is 23.1 Å². The molecule has 4 heteroatoms. The molecule has 2 nitrogen and oxygen atoms in total.